The van der Waals surface area contributed by atoms with E-state index >= 15 is 0 Å². The van der Waals surface area contributed by atoms with Crippen molar-refractivity contribution in [1.29, 1.82) is 0 Å². The zero-order valence-electron chi connectivity index (χ0n) is 15.0. The molecular weight excluding hydrogens is 388 g/mol. The van der Waals surface area contributed by atoms with Gasteiger partial charge in [0.05, 0.1) is 24.2 Å². The summed E-state index contributed by atoms with van der Waals surface area (Å²) in [5.74, 6) is 0.189. The molecule has 4 aromatic heterocycles. The first-order valence-electron chi connectivity index (χ1n) is 8.59. The van der Waals surface area contributed by atoms with Crippen molar-refractivity contribution in [2.24, 2.45) is 5.10 Å². The zero-order chi connectivity index (χ0) is 20.1. The van der Waals surface area contributed by atoms with Crippen LogP contribution in [-0.2, 0) is 0 Å². The fourth-order valence-corrected chi connectivity index (χ4v) is 3.34. The first kappa shape index (κ1) is 18.4. The third-order valence-corrected chi connectivity index (χ3v) is 4.84. The predicted molar refractivity (Wildman–Crippen MR) is 109 cm³/mol. The molecule has 4 rings (SSSR count). The molecule has 8 nitrogen and oxygen atoms in total. The molecule has 0 aliphatic heterocycles. The number of aromatic amines is 1. The third kappa shape index (κ3) is 4.30. The Morgan fingerprint density at radius 1 is 1.07 bits per heavy atom. The Hall–Kier alpha value is -3.98. The molecule has 4 heterocycles. The Labute approximate surface area is 169 Å². The van der Waals surface area contributed by atoms with Crippen molar-refractivity contribution < 1.29 is 9.36 Å². The highest BCUT2D eigenvalue weighted by Crippen LogP contribution is 2.16. The quantitative estimate of drug-likeness (QED) is 0.302. The third-order valence-electron chi connectivity index (χ3n) is 4.03. The number of nitrogens with one attached hydrogen (secondary N) is 2. The maximum absolute atomic E-state index is 12.0. The average molecular weight is 403 g/mol. The molecule has 29 heavy (non-hydrogen) atoms. The summed E-state index contributed by atoms with van der Waals surface area (Å²) in [4.78, 5) is 35.0. The molecule has 0 atom stereocenters. The monoisotopic (exact) mass is 403 g/mol. The lowest BCUT2D eigenvalue weighted by molar-refractivity contribution is -0.599. The Bertz CT molecular complexity index is 1200. The van der Waals surface area contributed by atoms with Crippen LogP contribution in [0.1, 0.15) is 15.2 Å². The van der Waals surface area contributed by atoms with E-state index in [1.54, 1.807) is 35.3 Å². The number of thiazole rings is 1. The van der Waals surface area contributed by atoms with Crippen LogP contribution in [-0.4, -0.2) is 27.1 Å². The normalized spacial score (nSPS) is 10.9. The van der Waals surface area contributed by atoms with Crippen molar-refractivity contribution >= 4 is 23.5 Å². The first-order chi connectivity index (χ1) is 14.2. The minimum absolute atomic E-state index is 0.217. The number of aromatic nitrogens is 4. The molecule has 2 N–H and O–H groups in total. The van der Waals surface area contributed by atoms with Crippen molar-refractivity contribution in [3.63, 3.8) is 0 Å². The molecule has 0 bridgehead atoms. The second kappa shape index (κ2) is 8.36. The number of nitrogens with zero attached hydrogens (tertiary/aromatic N) is 4. The number of hydrogen-bond acceptors (Lipinski definition) is 6. The predicted octanol–water partition coefficient (Wildman–Crippen LogP) is 1.93. The SMILES string of the molecule is O=C(N/N=C\c1sc(=O)[nH]c1-[n+]1ccc(-c2ccncc2)cc1)c1cccnc1. The summed E-state index contributed by atoms with van der Waals surface area (Å²) < 4.78 is 1.78. The molecule has 0 unspecified atom stereocenters. The topological polar surface area (TPSA) is 104 Å². The van der Waals surface area contributed by atoms with E-state index in [9.17, 15) is 9.59 Å². The van der Waals surface area contributed by atoms with Gasteiger partial charge in [-0.3, -0.25) is 14.8 Å². The van der Waals surface area contributed by atoms with Gasteiger partial charge in [-0.05, 0) is 58.9 Å². The van der Waals surface area contributed by atoms with Crippen molar-refractivity contribution in [1.82, 2.24) is 20.4 Å². The van der Waals surface area contributed by atoms with E-state index in [4.69, 9.17) is 0 Å². The molecule has 0 saturated carbocycles. The smallest absolute Gasteiger partial charge is 0.267 e. The lowest BCUT2D eigenvalue weighted by Crippen LogP contribution is -2.31. The van der Waals surface area contributed by atoms with Crippen LogP contribution in [0.4, 0.5) is 0 Å². The first-order valence-corrected chi connectivity index (χ1v) is 9.41. The van der Waals surface area contributed by atoms with E-state index < -0.39 is 0 Å². The lowest BCUT2D eigenvalue weighted by Gasteiger charge is -2.01. The van der Waals surface area contributed by atoms with Gasteiger partial charge < -0.3 is 0 Å². The minimum Gasteiger partial charge on any atom is -0.267 e. The number of carbonyl (C=O) groups excluding carboxylic acids is 1. The standard InChI is InChI=1S/C20H14N6O2S/c27-19(16-2-1-7-22-12-16)25-23-13-17-18(24-20(28)29-17)26-10-5-15(6-11-26)14-3-8-21-9-4-14/h1-13,21H/p+1. The van der Waals surface area contributed by atoms with Gasteiger partial charge in [-0.15, -0.1) is 0 Å². The molecule has 0 fully saturated rings. The Morgan fingerprint density at radius 2 is 1.83 bits per heavy atom. The van der Waals surface area contributed by atoms with Crippen molar-refractivity contribution in [2.45, 2.75) is 0 Å². The van der Waals surface area contributed by atoms with E-state index in [-0.39, 0.29) is 10.8 Å². The molecule has 9 heteroatoms. The number of rotatable bonds is 5. The fraction of sp³-hybridized carbons (Fsp3) is 0. The molecule has 142 valence electrons. The highest BCUT2D eigenvalue weighted by Gasteiger charge is 2.16. The van der Waals surface area contributed by atoms with E-state index in [1.807, 2.05) is 36.7 Å². The number of carbonyl (C=O) groups is 1. The highest BCUT2D eigenvalue weighted by atomic mass is 32.1. The molecule has 0 saturated heterocycles. The van der Waals surface area contributed by atoms with Crippen LogP contribution in [0.25, 0.3) is 16.9 Å². The molecule has 4 aromatic rings. The second-order valence-corrected chi connectivity index (χ2v) is 6.91. The maximum atomic E-state index is 12.0. The maximum Gasteiger partial charge on any atom is 0.390 e. The lowest BCUT2D eigenvalue weighted by atomic mass is 10.1. The van der Waals surface area contributed by atoms with Crippen molar-refractivity contribution in [2.75, 3.05) is 0 Å². The minimum atomic E-state index is -0.381. The van der Waals surface area contributed by atoms with E-state index in [0.717, 1.165) is 22.5 Å². The fourth-order valence-electron chi connectivity index (χ4n) is 2.63. The Morgan fingerprint density at radius 3 is 2.55 bits per heavy atom. The summed E-state index contributed by atoms with van der Waals surface area (Å²) in [6.45, 7) is 0. The summed E-state index contributed by atoms with van der Waals surface area (Å²) in [5.41, 5.74) is 4.90. The number of hydrazone groups is 1. The van der Waals surface area contributed by atoms with Gasteiger partial charge >= 0.3 is 10.7 Å². The van der Waals surface area contributed by atoms with Crippen LogP contribution in [0, 0.1) is 0 Å². The van der Waals surface area contributed by atoms with Crippen LogP contribution >= 0.6 is 11.3 Å². The van der Waals surface area contributed by atoms with E-state index in [2.05, 4.69) is 25.5 Å². The summed E-state index contributed by atoms with van der Waals surface area (Å²) in [5, 5.41) is 3.96. The molecule has 0 aliphatic rings. The van der Waals surface area contributed by atoms with Crippen LogP contribution in [0.3, 0.4) is 0 Å². The number of amides is 1. The molecule has 0 spiro atoms. The summed E-state index contributed by atoms with van der Waals surface area (Å²) in [7, 11) is 0. The van der Waals surface area contributed by atoms with Gasteiger partial charge in [0, 0.05) is 24.8 Å². The van der Waals surface area contributed by atoms with E-state index in [1.165, 1.54) is 12.4 Å². The second-order valence-electron chi connectivity index (χ2n) is 5.90. The highest BCUT2D eigenvalue weighted by molar-refractivity contribution is 7.11. The van der Waals surface area contributed by atoms with Crippen LogP contribution in [0.15, 0.2) is 83.5 Å². The summed E-state index contributed by atoms with van der Waals surface area (Å²) >= 11 is 1.00. The number of H-pyrrole nitrogens is 1. The number of hydrogen-bond donors (Lipinski definition) is 2. The summed E-state index contributed by atoms with van der Waals surface area (Å²) in [6, 6.07) is 11.0. The summed E-state index contributed by atoms with van der Waals surface area (Å²) in [6.07, 6.45) is 11.6. The molecule has 0 aromatic carbocycles. The molecule has 0 aliphatic carbocycles. The van der Waals surface area contributed by atoms with Crippen LogP contribution < -0.4 is 14.9 Å². The Kier molecular flexibility index (Phi) is 5.30. The van der Waals surface area contributed by atoms with Gasteiger partial charge in [-0.2, -0.15) is 10.1 Å². The van der Waals surface area contributed by atoms with Crippen molar-refractivity contribution in [3.05, 3.63) is 93.7 Å². The van der Waals surface area contributed by atoms with E-state index in [0.29, 0.717) is 16.3 Å². The molecule has 1 amide bonds. The van der Waals surface area contributed by atoms with Gasteiger partial charge in [-0.25, -0.2) is 14.8 Å². The van der Waals surface area contributed by atoms with Gasteiger partial charge in [-0.1, -0.05) is 0 Å². The van der Waals surface area contributed by atoms with Gasteiger partial charge in [0.2, 0.25) is 0 Å². The number of pyridine rings is 3. The van der Waals surface area contributed by atoms with Gasteiger partial charge in [0.1, 0.15) is 4.88 Å². The Balaban J connectivity index is 1.54. The zero-order valence-corrected chi connectivity index (χ0v) is 15.8. The molecular formula is C20H15N6O2S+. The van der Waals surface area contributed by atoms with Gasteiger partial charge in [0.25, 0.3) is 5.91 Å². The van der Waals surface area contributed by atoms with Gasteiger partial charge in [0.15, 0.2) is 0 Å². The van der Waals surface area contributed by atoms with Crippen LogP contribution in [0.5, 0.6) is 0 Å². The molecule has 0 radical (unpaired) electrons. The average Bonchev–Trinajstić information content (AvgIpc) is 3.15. The largest absolute Gasteiger partial charge is 0.390 e. The van der Waals surface area contributed by atoms with Crippen LogP contribution in [0.2, 0.25) is 0 Å². The van der Waals surface area contributed by atoms with Crippen molar-refractivity contribution in [3.8, 4) is 16.9 Å².